The van der Waals surface area contributed by atoms with Gasteiger partial charge in [-0.3, -0.25) is 9.80 Å². The second kappa shape index (κ2) is 12.5. The molecule has 3 rings (SSSR count). The normalized spacial score (nSPS) is 25.7. The van der Waals surface area contributed by atoms with Gasteiger partial charge in [-0.2, -0.15) is 0 Å². The second-order valence-electron chi connectivity index (χ2n) is 12.3. The van der Waals surface area contributed by atoms with Crippen LogP contribution in [0.2, 0.25) is 0 Å². The molecule has 3 aliphatic rings. The summed E-state index contributed by atoms with van der Waals surface area (Å²) >= 11 is 0. The van der Waals surface area contributed by atoms with E-state index in [4.69, 9.17) is 9.47 Å². The molecule has 0 radical (unpaired) electrons. The average molecular weight is 477 g/mol. The van der Waals surface area contributed by atoms with Crippen LogP contribution >= 0.6 is 0 Å². The molecule has 0 bridgehead atoms. The molecule has 6 nitrogen and oxygen atoms in total. The molecule has 3 fully saturated rings. The Hall–Kier alpha value is -0.210. The van der Waals surface area contributed by atoms with Crippen molar-refractivity contribution < 1.29 is 17.9 Å². The molecular formula is C25H52N2O4S. The van der Waals surface area contributed by atoms with Crippen molar-refractivity contribution in [2.24, 2.45) is 5.41 Å². The number of morpholine rings is 1. The van der Waals surface area contributed by atoms with Crippen molar-refractivity contribution in [3.63, 3.8) is 0 Å². The lowest BCUT2D eigenvalue weighted by atomic mass is 9.85. The Labute approximate surface area is 199 Å². The second-order valence-corrected chi connectivity index (χ2v) is 14.6. The van der Waals surface area contributed by atoms with Crippen LogP contribution in [0.1, 0.15) is 81.6 Å². The van der Waals surface area contributed by atoms with Gasteiger partial charge in [-0.1, -0.05) is 20.8 Å². The molecule has 0 aromatic heterocycles. The highest BCUT2D eigenvalue weighted by Gasteiger charge is 2.29. The summed E-state index contributed by atoms with van der Waals surface area (Å²) in [5.41, 5.74) is 0.778. The monoisotopic (exact) mass is 476 g/mol. The largest absolute Gasteiger partial charge is 0.379 e. The van der Waals surface area contributed by atoms with Gasteiger partial charge in [0.25, 0.3) is 0 Å². The predicted octanol–water partition coefficient (Wildman–Crippen LogP) is 4.23. The zero-order valence-corrected chi connectivity index (χ0v) is 23.3. The molecule has 3 heterocycles. The van der Waals surface area contributed by atoms with E-state index in [1.807, 2.05) is 0 Å². The highest BCUT2D eigenvalue weighted by atomic mass is 32.2. The molecule has 0 aliphatic carbocycles. The van der Waals surface area contributed by atoms with E-state index in [9.17, 15) is 8.42 Å². The van der Waals surface area contributed by atoms with E-state index in [1.54, 1.807) is 0 Å². The fourth-order valence-corrected chi connectivity index (χ4v) is 5.24. The van der Waals surface area contributed by atoms with E-state index in [0.29, 0.717) is 41.7 Å². The van der Waals surface area contributed by atoms with Crippen LogP contribution < -0.4 is 0 Å². The minimum absolute atomic E-state index is 0.107. The first-order valence-electron chi connectivity index (χ1n) is 12.4. The summed E-state index contributed by atoms with van der Waals surface area (Å²) in [7, 11) is -2.72. The zero-order valence-electron chi connectivity index (χ0n) is 22.5. The van der Waals surface area contributed by atoms with Crippen LogP contribution in [-0.4, -0.2) is 92.9 Å². The number of nitrogens with zero attached hydrogens (tertiary/aromatic N) is 2. The SMILES string of the molecule is CC(C)(C)C1CCCCO1.CC(C)(C)N1CCOCC1.CC(C)(C)N1CCS(=O)(=O)CC1. The molecular weight excluding hydrogens is 424 g/mol. The van der Waals surface area contributed by atoms with Crippen LogP contribution in [0, 0.1) is 5.41 Å². The van der Waals surface area contributed by atoms with Gasteiger partial charge < -0.3 is 9.47 Å². The molecule has 0 spiro atoms. The molecule has 3 saturated heterocycles. The molecule has 0 aromatic rings. The molecule has 0 amide bonds. The summed E-state index contributed by atoms with van der Waals surface area (Å²) in [5, 5.41) is 0. The third-order valence-corrected chi connectivity index (χ3v) is 8.01. The molecule has 32 heavy (non-hydrogen) atoms. The summed E-state index contributed by atoms with van der Waals surface area (Å²) in [6.07, 6.45) is 4.36. The van der Waals surface area contributed by atoms with Crippen LogP contribution in [0.15, 0.2) is 0 Å². The van der Waals surface area contributed by atoms with Gasteiger partial charge in [0.2, 0.25) is 0 Å². The Bertz CT molecular complexity index is 576. The van der Waals surface area contributed by atoms with E-state index < -0.39 is 9.84 Å². The maximum atomic E-state index is 11.1. The Morgan fingerprint density at radius 1 is 0.688 bits per heavy atom. The predicted molar refractivity (Wildman–Crippen MR) is 135 cm³/mol. The van der Waals surface area contributed by atoms with Crippen LogP contribution in [0.5, 0.6) is 0 Å². The lowest BCUT2D eigenvalue weighted by Crippen LogP contribution is -2.49. The molecule has 3 aliphatic heterocycles. The Morgan fingerprint density at radius 2 is 1.16 bits per heavy atom. The highest BCUT2D eigenvalue weighted by molar-refractivity contribution is 7.91. The maximum absolute atomic E-state index is 11.1. The standard InChI is InChI=1S/C9H18O.C8H17NO2S.C8H17NO/c1-9(2,3)8-6-4-5-7-10-8;1-8(2,3)9-4-6-12(10,11)7-5-9;1-8(2,3)9-4-6-10-7-5-9/h8H,4-7H2,1-3H3;4-7H2,1-3H3;4-7H2,1-3H3. The molecule has 1 unspecified atom stereocenters. The first-order chi connectivity index (χ1) is 14.5. The fourth-order valence-electron chi connectivity index (χ4n) is 4.04. The summed E-state index contributed by atoms with van der Waals surface area (Å²) in [4.78, 5) is 4.67. The number of rotatable bonds is 0. The van der Waals surface area contributed by atoms with E-state index >= 15 is 0 Å². The first-order valence-corrected chi connectivity index (χ1v) is 14.2. The van der Waals surface area contributed by atoms with Gasteiger partial charge >= 0.3 is 0 Å². The third-order valence-electron chi connectivity index (χ3n) is 6.40. The first kappa shape index (κ1) is 29.8. The van der Waals surface area contributed by atoms with Crippen molar-refractivity contribution in [2.45, 2.75) is 98.8 Å². The van der Waals surface area contributed by atoms with Crippen molar-refractivity contribution in [3.8, 4) is 0 Å². The van der Waals surface area contributed by atoms with Crippen molar-refractivity contribution in [1.29, 1.82) is 0 Å². The van der Waals surface area contributed by atoms with Crippen molar-refractivity contribution >= 4 is 9.84 Å². The van der Waals surface area contributed by atoms with Gasteiger partial charge in [0.1, 0.15) is 0 Å². The van der Waals surface area contributed by atoms with Crippen molar-refractivity contribution in [2.75, 3.05) is 57.5 Å². The van der Waals surface area contributed by atoms with Crippen LogP contribution in [0.4, 0.5) is 0 Å². The van der Waals surface area contributed by atoms with Crippen LogP contribution in [0.3, 0.4) is 0 Å². The van der Waals surface area contributed by atoms with E-state index in [0.717, 1.165) is 32.9 Å². The molecule has 7 heteroatoms. The molecule has 0 aromatic carbocycles. The van der Waals surface area contributed by atoms with Gasteiger partial charge in [-0.25, -0.2) is 8.42 Å². The molecule has 192 valence electrons. The van der Waals surface area contributed by atoms with Gasteiger partial charge in [0, 0.05) is 43.9 Å². The minimum Gasteiger partial charge on any atom is -0.379 e. The lowest BCUT2D eigenvalue weighted by molar-refractivity contribution is -0.0474. The van der Waals surface area contributed by atoms with Crippen LogP contribution in [0.25, 0.3) is 0 Å². The number of hydrogen-bond acceptors (Lipinski definition) is 6. The van der Waals surface area contributed by atoms with Gasteiger partial charge in [-0.05, 0) is 66.2 Å². The van der Waals surface area contributed by atoms with Crippen LogP contribution in [-0.2, 0) is 19.3 Å². The third kappa shape index (κ3) is 11.8. The minimum atomic E-state index is -2.72. The van der Waals surface area contributed by atoms with Crippen molar-refractivity contribution in [1.82, 2.24) is 9.80 Å². The summed E-state index contributed by atoms with van der Waals surface area (Å²) in [6.45, 7) is 26.2. The Morgan fingerprint density at radius 3 is 1.47 bits per heavy atom. The molecule has 1 atom stereocenters. The number of ether oxygens (including phenoxy) is 2. The smallest absolute Gasteiger partial charge is 0.152 e. The van der Waals surface area contributed by atoms with E-state index in [1.165, 1.54) is 19.3 Å². The van der Waals surface area contributed by atoms with Gasteiger partial charge in [0.05, 0.1) is 30.8 Å². The number of hydrogen-bond donors (Lipinski definition) is 0. The van der Waals surface area contributed by atoms with E-state index in [2.05, 4.69) is 72.1 Å². The fraction of sp³-hybridized carbons (Fsp3) is 1.00. The summed E-state index contributed by atoms with van der Waals surface area (Å²) in [6, 6.07) is 0. The van der Waals surface area contributed by atoms with Crippen molar-refractivity contribution in [3.05, 3.63) is 0 Å². The lowest BCUT2D eigenvalue weighted by Gasteiger charge is -2.38. The molecule has 0 saturated carbocycles. The van der Waals surface area contributed by atoms with Gasteiger partial charge in [-0.15, -0.1) is 0 Å². The maximum Gasteiger partial charge on any atom is 0.152 e. The highest BCUT2D eigenvalue weighted by Crippen LogP contribution is 2.29. The van der Waals surface area contributed by atoms with Gasteiger partial charge in [0.15, 0.2) is 9.84 Å². The Kier molecular flexibility index (Phi) is 11.6. The zero-order chi connectivity index (χ0) is 24.6. The van der Waals surface area contributed by atoms with E-state index in [-0.39, 0.29) is 5.54 Å². The topological polar surface area (TPSA) is 59.1 Å². The quantitative estimate of drug-likeness (QED) is 0.521. The number of sulfone groups is 1. The Balaban J connectivity index is 0.000000241. The average Bonchev–Trinajstić information content (AvgIpc) is 2.68. The summed E-state index contributed by atoms with van der Waals surface area (Å²) in [5.74, 6) is 0.647. The molecule has 0 N–H and O–H groups in total. The summed E-state index contributed by atoms with van der Waals surface area (Å²) < 4.78 is 33.1.